The largest absolute Gasteiger partial charge is 0.345 e. The second-order valence-corrected chi connectivity index (χ2v) is 5.16. The molecule has 2 nitrogen and oxygen atoms in total. The first-order valence-corrected chi connectivity index (χ1v) is 6.71. The molecule has 0 spiro atoms. The standard InChI is InChI=1S/C17H17F2NO/c1-10-4-5-13(8-11(10)2)17(21)20-12(3)15-7-6-14(18)9-16(15)19/h4-9,12H,1-3H3,(H,20,21). The van der Waals surface area contributed by atoms with Crippen LogP contribution in [0.25, 0.3) is 0 Å². The van der Waals surface area contributed by atoms with Crippen LogP contribution in [-0.2, 0) is 0 Å². The van der Waals surface area contributed by atoms with E-state index in [0.717, 1.165) is 17.2 Å². The summed E-state index contributed by atoms with van der Waals surface area (Å²) < 4.78 is 26.6. The number of halogens is 2. The number of amides is 1. The average Bonchev–Trinajstić information content (AvgIpc) is 2.41. The number of rotatable bonds is 3. The van der Waals surface area contributed by atoms with Crippen molar-refractivity contribution in [3.63, 3.8) is 0 Å². The third-order valence-corrected chi connectivity index (χ3v) is 3.55. The van der Waals surface area contributed by atoms with Crippen LogP contribution in [0.15, 0.2) is 36.4 Å². The van der Waals surface area contributed by atoms with Crippen LogP contribution in [0, 0.1) is 25.5 Å². The first-order chi connectivity index (χ1) is 9.88. The highest BCUT2D eigenvalue weighted by Gasteiger charge is 2.15. The van der Waals surface area contributed by atoms with E-state index >= 15 is 0 Å². The molecule has 2 aromatic carbocycles. The number of carbonyl (C=O) groups excluding carboxylic acids is 1. The number of hydrogen-bond donors (Lipinski definition) is 1. The molecule has 0 aliphatic rings. The zero-order valence-electron chi connectivity index (χ0n) is 12.2. The van der Waals surface area contributed by atoms with Crippen molar-refractivity contribution in [1.29, 1.82) is 0 Å². The van der Waals surface area contributed by atoms with Crippen LogP contribution in [0.3, 0.4) is 0 Å². The molecular weight excluding hydrogens is 272 g/mol. The van der Waals surface area contributed by atoms with Crippen LogP contribution < -0.4 is 5.32 Å². The fraction of sp³-hybridized carbons (Fsp3) is 0.235. The van der Waals surface area contributed by atoms with E-state index in [0.29, 0.717) is 5.56 Å². The van der Waals surface area contributed by atoms with Gasteiger partial charge in [0.05, 0.1) is 6.04 Å². The van der Waals surface area contributed by atoms with Gasteiger partial charge in [-0.3, -0.25) is 4.79 Å². The van der Waals surface area contributed by atoms with E-state index in [1.807, 2.05) is 19.9 Å². The molecule has 21 heavy (non-hydrogen) atoms. The van der Waals surface area contributed by atoms with E-state index in [-0.39, 0.29) is 11.5 Å². The molecule has 1 N–H and O–H groups in total. The summed E-state index contributed by atoms with van der Waals surface area (Å²) in [5, 5.41) is 2.72. The van der Waals surface area contributed by atoms with Gasteiger partial charge in [0.2, 0.25) is 0 Å². The molecule has 0 radical (unpaired) electrons. The van der Waals surface area contributed by atoms with Gasteiger partial charge in [-0.2, -0.15) is 0 Å². The van der Waals surface area contributed by atoms with Crippen molar-refractivity contribution in [1.82, 2.24) is 5.32 Å². The van der Waals surface area contributed by atoms with E-state index in [4.69, 9.17) is 0 Å². The monoisotopic (exact) mass is 289 g/mol. The Balaban J connectivity index is 2.16. The van der Waals surface area contributed by atoms with Crippen molar-refractivity contribution in [3.05, 3.63) is 70.3 Å². The van der Waals surface area contributed by atoms with Crippen molar-refractivity contribution >= 4 is 5.91 Å². The number of nitrogens with one attached hydrogen (secondary N) is 1. The Morgan fingerprint density at radius 2 is 1.76 bits per heavy atom. The summed E-state index contributed by atoms with van der Waals surface area (Å²) in [5.41, 5.74) is 2.90. The minimum atomic E-state index is -0.664. The lowest BCUT2D eigenvalue weighted by Gasteiger charge is -2.15. The Morgan fingerprint density at radius 1 is 1.05 bits per heavy atom. The van der Waals surface area contributed by atoms with Crippen molar-refractivity contribution in [2.45, 2.75) is 26.8 Å². The summed E-state index contributed by atoms with van der Waals surface area (Å²) in [6.45, 7) is 5.55. The first kappa shape index (κ1) is 15.2. The Kier molecular flexibility index (Phi) is 4.36. The summed E-state index contributed by atoms with van der Waals surface area (Å²) in [7, 11) is 0. The van der Waals surface area contributed by atoms with Crippen LogP contribution in [0.4, 0.5) is 8.78 Å². The second kappa shape index (κ2) is 6.04. The zero-order valence-corrected chi connectivity index (χ0v) is 12.2. The fourth-order valence-electron chi connectivity index (χ4n) is 2.09. The molecule has 1 atom stereocenters. The highest BCUT2D eigenvalue weighted by molar-refractivity contribution is 5.94. The molecule has 4 heteroatoms. The number of hydrogen-bond acceptors (Lipinski definition) is 1. The quantitative estimate of drug-likeness (QED) is 0.906. The minimum absolute atomic E-state index is 0.258. The summed E-state index contributed by atoms with van der Waals surface area (Å²) in [5.74, 6) is -1.58. The van der Waals surface area contributed by atoms with Crippen molar-refractivity contribution in [2.24, 2.45) is 0 Å². The smallest absolute Gasteiger partial charge is 0.251 e. The van der Waals surface area contributed by atoms with Crippen LogP contribution in [0.2, 0.25) is 0 Å². The number of aryl methyl sites for hydroxylation is 2. The van der Waals surface area contributed by atoms with Crippen molar-refractivity contribution in [2.75, 3.05) is 0 Å². The first-order valence-electron chi connectivity index (χ1n) is 6.71. The molecule has 2 rings (SSSR count). The lowest BCUT2D eigenvalue weighted by molar-refractivity contribution is 0.0939. The van der Waals surface area contributed by atoms with E-state index in [2.05, 4.69) is 5.32 Å². The normalized spacial score (nSPS) is 12.0. The van der Waals surface area contributed by atoms with Gasteiger partial charge in [0.25, 0.3) is 5.91 Å². The molecule has 0 aliphatic carbocycles. The lowest BCUT2D eigenvalue weighted by Crippen LogP contribution is -2.27. The van der Waals surface area contributed by atoms with E-state index in [1.165, 1.54) is 12.1 Å². The highest BCUT2D eigenvalue weighted by Crippen LogP contribution is 2.18. The van der Waals surface area contributed by atoms with Gasteiger partial charge >= 0.3 is 0 Å². The van der Waals surface area contributed by atoms with Gasteiger partial charge in [-0.05, 0) is 50.1 Å². The minimum Gasteiger partial charge on any atom is -0.345 e. The SMILES string of the molecule is Cc1ccc(C(=O)NC(C)c2ccc(F)cc2F)cc1C. The van der Waals surface area contributed by atoms with Crippen LogP contribution in [0.1, 0.15) is 40.0 Å². The maximum Gasteiger partial charge on any atom is 0.251 e. The third-order valence-electron chi connectivity index (χ3n) is 3.55. The molecule has 1 unspecified atom stereocenters. The predicted molar refractivity (Wildman–Crippen MR) is 78.2 cm³/mol. The molecule has 0 fully saturated rings. The van der Waals surface area contributed by atoms with E-state index in [1.54, 1.807) is 19.1 Å². The van der Waals surface area contributed by atoms with Gasteiger partial charge in [0.1, 0.15) is 11.6 Å². The van der Waals surface area contributed by atoms with E-state index in [9.17, 15) is 13.6 Å². The van der Waals surface area contributed by atoms with Crippen LogP contribution in [-0.4, -0.2) is 5.91 Å². The molecule has 0 aromatic heterocycles. The molecule has 0 saturated carbocycles. The summed E-state index contributed by atoms with van der Waals surface area (Å²) in [6.07, 6.45) is 0. The molecule has 0 aliphatic heterocycles. The summed E-state index contributed by atoms with van der Waals surface area (Å²) >= 11 is 0. The molecule has 2 aromatic rings. The third kappa shape index (κ3) is 3.45. The molecule has 110 valence electrons. The van der Waals surface area contributed by atoms with E-state index < -0.39 is 17.7 Å². The van der Waals surface area contributed by atoms with Crippen LogP contribution >= 0.6 is 0 Å². The fourth-order valence-corrected chi connectivity index (χ4v) is 2.09. The van der Waals surface area contributed by atoms with Gasteiger partial charge < -0.3 is 5.32 Å². The van der Waals surface area contributed by atoms with Crippen molar-refractivity contribution < 1.29 is 13.6 Å². The molecule has 0 bridgehead atoms. The maximum atomic E-state index is 13.7. The van der Waals surface area contributed by atoms with Gasteiger partial charge in [-0.15, -0.1) is 0 Å². The number of carbonyl (C=O) groups is 1. The Labute approximate surface area is 122 Å². The topological polar surface area (TPSA) is 29.1 Å². The molecule has 1 amide bonds. The van der Waals surface area contributed by atoms with Gasteiger partial charge in [-0.25, -0.2) is 8.78 Å². The maximum absolute atomic E-state index is 13.7. The highest BCUT2D eigenvalue weighted by atomic mass is 19.1. The Morgan fingerprint density at radius 3 is 2.38 bits per heavy atom. The van der Waals surface area contributed by atoms with Gasteiger partial charge in [-0.1, -0.05) is 12.1 Å². The zero-order chi connectivity index (χ0) is 15.6. The molecule has 0 heterocycles. The lowest BCUT2D eigenvalue weighted by atomic mass is 10.0. The van der Waals surface area contributed by atoms with Crippen LogP contribution in [0.5, 0.6) is 0 Å². The second-order valence-electron chi connectivity index (χ2n) is 5.16. The molecular formula is C17H17F2NO. The van der Waals surface area contributed by atoms with Gasteiger partial charge in [0, 0.05) is 17.2 Å². The Bertz CT molecular complexity index is 682. The van der Waals surface area contributed by atoms with Gasteiger partial charge in [0.15, 0.2) is 0 Å². The predicted octanol–water partition coefficient (Wildman–Crippen LogP) is 4.07. The summed E-state index contributed by atoms with van der Waals surface area (Å²) in [6, 6.07) is 8.18. The summed E-state index contributed by atoms with van der Waals surface area (Å²) in [4.78, 5) is 12.2. The Hall–Kier alpha value is -2.23. The van der Waals surface area contributed by atoms with Crippen molar-refractivity contribution in [3.8, 4) is 0 Å². The molecule has 0 saturated heterocycles. The average molecular weight is 289 g/mol. The number of benzene rings is 2.